The minimum atomic E-state index is -0.715. The van der Waals surface area contributed by atoms with E-state index < -0.39 is 17.8 Å². The van der Waals surface area contributed by atoms with Crippen LogP contribution in [0.2, 0.25) is 0 Å². The molecule has 1 aliphatic rings. The molecule has 0 atom stereocenters. The summed E-state index contributed by atoms with van der Waals surface area (Å²) in [5.74, 6) is -0.960. The van der Waals surface area contributed by atoms with E-state index in [1.54, 1.807) is 42.5 Å². The van der Waals surface area contributed by atoms with Crippen molar-refractivity contribution in [2.75, 3.05) is 6.61 Å². The molecule has 7 nitrogen and oxygen atoms in total. The fourth-order valence-corrected chi connectivity index (χ4v) is 2.76. The third kappa shape index (κ3) is 4.06. The van der Waals surface area contributed by atoms with E-state index >= 15 is 0 Å². The lowest BCUT2D eigenvalue weighted by molar-refractivity contribution is -0.126. The molecule has 0 fully saturated rings. The standard InChI is InChI=1S/C22H16N2O5/c1-3-9-28-22(27)15-6-4-5-14(10-15)19-8-7-16(29-19)11-17-13(2)18(12-23)21(26)24-20(17)25/h3-8,10-11H,1,9H2,2H3,(H,24,25,26). The quantitative estimate of drug-likeness (QED) is 0.365. The zero-order valence-electron chi connectivity index (χ0n) is 15.5. The first-order chi connectivity index (χ1) is 13.9. The van der Waals surface area contributed by atoms with E-state index in [0.717, 1.165) is 0 Å². The predicted octanol–water partition coefficient (Wildman–Crippen LogP) is 3.17. The van der Waals surface area contributed by atoms with Gasteiger partial charge in [0.1, 0.15) is 29.8 Å². The molecule has 3 rings (SSSR count). The summed E-state index contributed by atoms with van der Waals surface area (Å²) in [5.41, 5.74) is 1.35. The van der Waals surface area contributed by atoms with Crippen molar-refractivity contribution < 1.29 is 23.5 Å². The number of rotatable bonds is 5. The molecule has 0 radical (unpaired) electrons. The first kappa shape index (κ1) is 19.6. The topological polar surface area (TPSA) is 109 Å². The Labute approximate surface area is 166 Å². The minimum Gasteiger partial charge on any atom is -0.458 e. The summed E-state index contributed by atoms with van der Waals surface area (Å²) in [6.07, 6.45) is 2.94. The molecule has 1 aromatic heterocycles. The van der Waals surface area contributed by atoms with Crippen molar-refractivity contribution in [1.82, 2.24) is 5.32 Å². The molecule has 2 amide bonds. The van der Waals surface area contributed by atoms with E-state index in [2.05, 4.69) is 11.9 Å². The SMILES string of the molecule is C=CCOC(=O)c1cccc(-c2ccc(C=C3C(=O)NC(=O)C(C#N)=C3C)o2)c1. The molecule has 144 valence electrons. The smallest absolute Gasteiger partial charge is 0.338 e. The van der Waals surface area contributed by atoms with Crippen LogP contribution in [0, 0.1) is 11.3 Å². The van der Waals surface area contributed by atoms with Crippen LogP contribution < -0.4 is 5.32 Å². The first-order valence-electron chi connectivity index (χ1n) is 8.61. The number of carbonyl (C=O) groups is 3. The van der Waals surface area contributed by atoms with Crippen molar-refractivity contribution in [2.45, 2.75) is 6.92 Å². The maximum atomic E-state index is 12.1. The van der Waals surface area contributed by atoms with Crippen LogP contribution in [0.5, 0.6) is 0 Å². The fourth-order valence-electron chi connectivity index (χ4n) is 2.76. The number of hydrogen-bond donors (Lipinski definition) is 1. The van der Waals surface area contributed by atoms with Gasteiger partial charge in [-0.15, -0.1) is 0 Å². The summed E-state index contributed by atoms with van der Waals surface area (Å²) < 4.78 is 10.8. The van der Waals surface area contributed by atoms with Crippen LogP contribution in [0.4, 0.5) is 0 Å². The van der Waals surface area contributed by atoms with E-state index in [1.165, 1.54) is 19.1 Å². The van der Waals surface area contributed by atoms with E-state index in [1.807, 2.05) is 0 Å². The van der Waals surface area contributed by atoms with Gasteiger partial charge >= 0.3 is 5.97 Å². The van der Waals surface area contributed by atoms with E-state index in [-0.39, 0.29) is 23.3 Å². The van der Waals surface area contributed by atoms with Gasteiger partial charge < -0.3 is 9.15 Å². The second-order valence-corrected chi connectivity index (χ2v) is 6.12. The fraction of sp³-hybridized carbons (Fsp3) is 0.0909. The van der Waals surface area contributed by atoms with Crippen molar-refractivity contribution >= 4 is 23.9 Å². The van der Waals surface area contributed by atoms with Gasteiger partial charge in [-0.3, -0.25) is 14.9 Å². The Morgan fingerprint density at radius 2 is 2.07 bits per heavy atom. The summed E-state index contributed by atoms with van der Waals surface area (Å²) in [7, 11) is 0. The van der Waals surface area contributed by atoms with Gasteiger partial charge in [0.15, 0.2) is 0 Å². The second kappa shape index (κ2) is 8.23. The summed E-state index contributed by atoms with van der Waals surface area (Å²) >= 11 is 0. The third-order valence-electron chi connectivity index (χ3n) is 4.22. The van der Waals surface area contributed by atoms with Crippen LogP contribution in [0.15, 0.2) is 70.2 Å². The molecular weight excluding hydrogens is 372 g/mol. The number of amides is 2. The molecule has 0 saturated carbocycles. The number of imide groups is 1. The highest BCUT2D eigenvalue weighted by Gasteiger charge is 2.27. The van der Waals surface area contributed by atoms with Gasteiger partial charge in [-0.1, -0.05) is 24.8 Å². The lowest BCUT2D eigenvalue weighted by Gasteiger charge is -2.15. The molecule has 0 spiro atoms. The maximum Gasteiger partial charge on any atom is 0.338 e. The van der Waals surface area contributed by atoms with Gasteiger partial charge in [0.2, 0.25) is 0 Å². The van der Waals surface area contributed by atoms with Gasteiger partial charge in [-0.25, -0.2) is 4.79 Å². The number of nitriles is 1. The van der Waals surface area contributed by atoms with Crippen LogP contribution in [-0.2, 0) is 14.3 Å². The zero-order chi connectivity index (χ0) is 21.0. The summed E-state index contributed by atoms with van der Waals surface area (Å²) in [5, 5.41) is 11.2. The van der Waals surface area contributed by atoms with Crippen LogP contribution in [-0.4, -0.2) is 24.4 Å². The van der Waals surface area contributed by atoms with Crippen LogP contribution in [0.3, 0.4) is 0 Å². The van der Waals surface area contributed by atoms with Gasteiger partial charge in [0.05, 0.1) is 5.56 Å². The normalized spacial score (nSPS) is 15.1. The van der Waals surface area contributed by atoms with Crippen molar-refractivity contribution in [3.8, 4) is 17.4 Å². The molecule has 2 aromatic rings. The predicted molar refractivity (Wildman–Crippen MR) is 104 cm³/mol. The lowest BCUT2D eigenvalue weighted by atomic mass is 9.96. The molecule has 29 heavy (non-hydrogen) atoms. The van der Waals surface area contributed by atoms with Gasteiger partial charge in [0, 0.05) is 11.1 Å². The van der Waals surface area contributed by atoms with Gasteiger partial charge in [-0.2, -0.15) is 5.26 Å². The summed E-state index contributed by atoms with van der Waals surface area (Å²) in [6, 6.07) is 11.9. The zero-order valence-corrected chi connectivity index (χ0v) is 15.5. The Morgan fingerprint density at radius 3 is 2.79 bits per heavy atom. The van der Waals surface area contributed by atoms with E-state index in [4.69, 9.17) is 14.4 Å². The molecule has 7 heteroatoms. The van der Waals surface area contributed by atoms with Gasteiger partial charge in [0.25, 0.3) is 11.8 Å². The number of benzene rings is 1. The number of carbonyl (C=O) groups excluding carboxylic acids is 3. The van der Waals surface area contributed by atoms with Crippen molar-refractivity contribution in [2.24, 2.45) is 0 Å². The highest BCUT2D eigenvalue weighted by atomic mass is 16.5. The number of nitrogens with one attached hydrogen (secondary N) is 1. The average Bonchev–Trinajstić information content (AvgIpc) is 3.18. The van der Waals surface area contributed by atoms with Crippen LogP contribution in [0.1, 0.15) is 23.0 Å². The highest BCUT2D eigenvalue weighted by Crippen LogP contribution is 2.27. The molecule has 2 heterocycles. The Balaban J connectivity index is 1.91. The number of esters is 1. The molecule has 0 unspecified atom stereocenters. The van der Waals surface area contributed by atoms with E-state index in [0.29, 0.717) is 22.6 Å². The third-order valence-corrected chi connectivity index (χ3v) is 4.22. The molecule has 0 aliphatic carbocycles. The Kier molecular flexibility index (Phi) is 5.56. The first-order valence-corrected chi connectivity index (χ1v) is 8.61. The Bertz CT molecular complexity index is 1130. The Morgan fingerprint density at radius 1 is 1.28 bits per heavy atom. The number of furan rings is 1. The molecule has 1 aliphatic heterocycles. The number of nitrogens with zero attached hydrogens (tertiary/aromatic N) is 1. The van der Waals surface area contributed by atoms with Gasteiger partial charge in [-0.05, 0) is 42.8 Å². The molecule has 1 N–H and O–H groups in total. The number of ether oxygens (including phenoxy) is 1. The molecule has 0 bridgehead atoms. The largest absolute Gasteiger partial charge is 0.458 e. The van der Waals surface area contributed by atoms with Crippen molar-refractivity contribution in [1.29, 1.82) is 5.26 Å². The maximum absolute atomic E-state index is 12.1. The summed E-state index contributed by atoms with van der Waals surface area (Å²) in [6.45, 7) is 5.15. The minimum absolute atomic E-state index is 0.115. The molecule has 1 aromatic carbocycles. The Hall–Kier alpha value is -4.18. The van der Waals surface area contributed by atoms with Crippen molar-refractivity contribution in [3.63, 3.8) is 0 Å². The number of hydrogen-bond acceptors (Lipinski definition) is 6. The average molecular weight is 388 g/mol. The van der Waals surface area contributed by atoms with E-state index in [9.17, 15) is 14.4 Å². The van der Waals surface area contributed by atoms with Crippen LogP contribution in [0.25, 0.3) is 17.4 Å². The monoisotopic (exact) mass is 388 g/mol. The highest BCUT2D eigenvalue weighted by molar-refractivity contribution is 6.19. The van der Waals surface area contributed by atoms with Crippen LogP contribution >= 0.6 is 0 Å². The summed E-state index contributed by atoms with van der Waals surface area (Å²) in [4.78, 5) is 35.8. The molecular formula is C22H16N2O5. The van der Waals surface area contributed by atoms with Crippen molar-refractivity contribution in [3.05, 3.63) is 77.1 Å². The second-order valence-electron chi connectivity index (χ2n) is 6.12. The lowest BCUT2D eigenvalue weighted by Crippen LogP contribution is -2.37. The molecule has 0 saturated heterocycles.